The highest BCUT2D eigenvalue weighted by Gasteiger charge is 2.17. The second-order valence-electron chi connectivity index (χ2n) is 5.64. The highest BCUT2D eigenvalue weighted by atomic mass is 79.9. The largest absolute Gasteiger partial charge is 0.434 e. The number of amides is 1. The number of hydrogen-bond acceptors (Lipinski definition) is 3. The van der Waals surface area contributed by atoms with Gasteiger partial charge in [0, 0.05) is 15.7 Å². The van der Waals surface area contributed by atoms with Crippen LogP contribution >= 0.6 is 27.5 Å². The van der Waals surface area contributed by atoms with Gasteiger partial charge in [-0.1, -0.05) is 33.6 Å². The first kappa shape index (κ1) is 20.2. The molecule has 10 heteroatoms. The number of anilines is 1. The van der Waals surface area contributed by atoms with E-state index in [0.717, 1.165) is 0 Å². The number of halogens is 5. The molecule has 0 aliphatic rings. The average molecular weight is 475 g/mol. The Bertz CT molecular complexity index is 1010. The van der Waals surface area contributed by atoms with Gasteiger partial charge in [-0.05, 0) is 35.9 Å². The summed E-state index contributed by atoms with van der Waals surface area (Å²) in [5.41, 5.74) is 0.916. The summed E-state index contributed by atoms with van der Waals surface area (Å²) >= 11 is 9.18. The van der Waals surface area contributed by atoms with Crippen LogP contribution in [0.5, 0.6) is 5.75 Å². The summed E-state index contributed by atoms with van der Waals surface area (Å²) < 4.78 is 44.6. The molecule has 0 atom stereocenters. The Balaban J connectivity index is 1.75. The molecular formula is C18H12BrClF3N3O2. The number of aromatic nitrogens is 2. The van der Waals surface area contributed by atoms with Crippen LogP contribution in [0.15, 0.2) is 53.3 Å². The van der Waals surface area contributed by atoms with Gasteiger partial charge in [-0.3, -0.25) is 9.48 Å². The molecule has 0 saturated carbocycles. The Kier molecular flexibility index (Phi) is 6.25. The minimum absolute atomic E-state index is 0.0657. The first-order chi connectivity index (χ1) is 13.3. The molecule has 3 rings (SSSR count). The predicted octanol–water partition coefficient (Wildman–Crippen LogP) is 5.34. The fraction of sp³-hybridized carbons (Fsp3) is 0.111. The van der Waals surface area contributed by atoms with Gasteiger partial charge in [0.15, 0.2) is 0 Å². The number of nitrogens with one attached hydrogen (secondary N) is 1. The van der Waals surface area contributed by atoms with Gasteiger partial charge < -0.3 is 10.1 Å². The van der Waals surface area contributed by atoms with Gasteiger partial charge in [-0.2, -0.15) is 13.9 Å². The molecule has 0 unspecified atom stereocenters. The van der Waals surface area contributed by atoms with E-state index in [1.54, 1.807) is 0 Å². The van der Waals surface area contributed by atoms with Crippen LogP contribution in [0.4, 0.5) is 18.9 Å². The lowest BCUT2D eigenvalue weighted by Gasteiger charge is -2.10. The van der Waals surface area contributed by atoms with Gasteiger partial charge in [0.2, 0.25) is 0 Å². The average Bonchev–Trinajstić information content (AvgIpc) is 3.05. The molecule has 1 N–H and O–H groups in total. The summed E-state index contributed by atoms with van der Waals surface area (Å²) in [6.07, 6.45) is 2.92. The quantitative estimate of drug-likeness (QED) is 0.525. The molecule has 0 fully saturated rings. The van der Waals surface area contributed by atoms with E-state index >= 15 is 0 Å². The molecule has 1 heterocycles. The number of ether oxygens (including phenoxy) is 1. The molecule has 0 saturated heterocycles. The van der Waals surface area contributed by atoms with Gasteiger partial charge in [0.1, 0.15) is 11.6 Å². The van der Waals surface area contributed by atoms with Gasteiger partial charge in [0.05, 0.1) is 24.0 Å². The van der Waals surface area contributed by atoms with Crippen LogP contribution in [-0.4, -0.2) is 22.3 Å². The zero-order valence-electron chi connectivity index (χ0n) is 14.0. The second kappa shape index (κ2) is 8.66. The summed E-state index contributed by atoms with van der Waals surface area (Å²) in [6.45, 7) is -2.80. The van der Waals surface area contributed by atoms with Crippen LogP contribution in [0.1, 0.15) is 15.9 Å². The lowest BCUT2D eigenvalue weighted by atomic mass is 10.2. The van der Waals surface area contributed by atoms with Crippen molar-refractivity contribution in [2.75, 3.05) is 5.32 Å². The molecule has 0 aliphatic heterocycles. The summed E-state index contributed by atoms with van der Waals surface area (Å²) in [6, 6.07) is 8.14. The maximum absolute atomic E-state index is 13.1. The summed E-state index contributed by atoms with van der Waals surface area (Å²) in [5.74, 6) is -1.34. The van der Waals surface area contributed by atoms with E-state index < -0.39 is 18.3 Å². The first-order valence-electron chi connectivity index (χ1n) is 7.84. The maximum Gasteiger partial charge on any atom is 0.387 e. The van der Waals surface area contributed by atoms with Crippen molar-refractivity contribution in [1.82, 2.24) is 9.78 Å². The predicted molar refractivity (Wildman–Crippen MR) is 101 cm³/mol. The Morgan fingerprint density at radius 2 is 2.07 bits per heavy atom. The number of hydrogen-bond donors (Lipinski definition) is 1. The van der Waals surface area contributed by atoms with E-state index in [9.17, 15) is 18.0 Å². The molecule has 2 aromatic carbocycles. The highest BCUT2D eigenvalue weighted by molar-refractivity contribution is 9.10. The maximum atomic E-state index is 13.1. The van der Waals surface area contributed by atoms with Gasteiger partial charge in [-0.15, -0.1) is 0 Å². The molecule has 0 spiro atoms. The van der Waals surface area contributed by atoms with E-state index in [1.807, 2.05) is 0 Å². The Hall–Kier alpha value is -2.52. The van der Waals surface area contributed by atoms with Crippen molar-refractivity contribution in [2.24, 2.45) is 0 Å². The van der Waals surface area contributed by atoms with Gasteiger partial charge >= 0.3 is 6.61 Å². The summed E-state index contributed by atoms with van der Waals surface area (Å²) in [7, 11) is 0. The number of benzene rings is 2. The minimum atomic E-state index is -3.06. The lowest BCUT2D eigenvalue weighted by Crippen LogP contribution is -2.15. The minimum Gasteiger partial charge on any atom is -0.434 e. The Morgan fingerprint density at radius 3 is 2.79 bits per heavy atom. The second-order valence-corrected chi connectivity index (χ2v) is 6.96. The first-order valence-corrected chi connectivity index (χ1v) is 9.01. The molecular weight excluding hydrogens is 463 g/mol. The molecule has 3 aromatic rings. The van der Waals surface area contributed by atoms with Gasteiger partial charge in [-0.25, -0.2) is 4.39 Å². The molecule has 28 heavy (non-hydrogen) atoms. The summed E-state index contributed by atoms with van der Waals surface area (Å²) in [4.78, 5) is 12.5. The fourth-order valence-electron chi connectivity index (χ4n) is 2.42. The van der Waals surface area contributed by atoms with Gasteiger partial charge in [0.25, 0.3) is 5.91 Å². The highest BCUT2D eigenvalue weighted by Crippen LogP contribution is 2.26. The number of alkyl halides is 2. The normalized spacial score (nSPS) is 10.9. The molecule has 5 nitrogen and oxygen atoms in total. The van der Waals surface area contributed by atoms with E-state index in [2.05, 4.69) is 31.1 Å². The van der Waals surface area contributed by atoms with Crippen molar-refractivity contribution in [3.63, 3.8) is 0 Å². The molecule has 1 amide bonds. The van der Waals surface area contributed by atoms with Crippen LogP contribution in [0.25, 0.3) is 0 Å². The van der Waals surface area contributed by atoms with Crippen molar-refractivity contribution < 1.29 is 22.7 Å². The zero-order valence-corrected chi connectivity index (χ0v) is 16.3. The van der Waals surface area contributed by atoms with Crippen LogP contribution in [0.3, 0.4) is 0 Å². The summed E-state index contributed by atoms with van der Waals surface area (Å²) in [5, 5.41) is 6.92. The number of carbonyl (C=O) groups is 1. The molecule has 0 aliphatic carbocycles. The third kappa shape index (κ3) is 5.05. The van der Waals surface area contributed by atoms with Crippen LogP contribution in [0.2, 0.25) is 5.02 Å². The van der Waals surface area contributed by atoms with Crippen molar-refractivity contribution in [2.45, 2.75) is 13.2 Å². The monoisotopic (exact) mass is 473 g/mol. The smallest absolute Gasteiger partial charge is 0.387 e. The van der Waals surface area contributed by atoms with Crippen LogP contribution < -0.4 is 10.1 Å². The Morgan fingerprint density at radius 1 is 1.29 bits per heavy atom. The van der Waals surface area contributed by atoms with Crippen molar-refractivity contribution in [3.05, 3.63) is 75.2 Å². The third-order valence-corrected chi connectivity index (χ3v) is 4.49. The lowest BCUT2D eigenvalue weighted by molar-refractivity contribution is -0.0501. The van der Waals surface area contributed by atoms with E-state index in [4.69, 9.17) is 11.6 Å². The number of rotatable bonds is 6. The fourth-order valence-corrected chi connectivity index (χ4v) is 3.00. The zero-order chi connectivity index (χ0) is 20.3. The van der Waals surface area contributed by atoms with E-state index in [-0.39, 0.29) is 22.9 Å². The van der Waals surface area contributed by atoms with Crippen LogP contribution in [-0.2, 0) is 6.54 Å². The number of nitrogens with zero attached hydrogens (tertiary/aromatic N) is 2. The Labute approximate surface area is 171 Å². The van der Waals surface area contributed by atoms with Crippen molar-refractivity contribution >= 4 is 39.1 Å². The van der Waals surface area contributed by atoms with Crippen molar-refractivity contribution in [1.29, 1.82) is 0 Å². The SMILES string of the molecule is O=C(Nc1cnn(Cc2ccc(F)cc2Cl)c1)c1cc(Br)ccc1OC(F)F. The standard InChI is InChI=1S/C18H12BrClF3N3O2/c19-11-2-4-16(28-18(22)23)14(5-11)17(27)25-13-7-24-26(9-13)8-10-1-3-12(21)6-15(10)20/h1-7,9,18H,8H2,(H,25,27). The molecule has 146 valence electrons. The van der Waals surface area contributed by atoms with E-state index in [0.29, 0.717) is 15.7 Å². The van der Waals surface area contributed by atoms with Crippen molar-refractivity contribution in [3.8, 4) is 5.75 Å². The molecule has 0 bridgehead atoms. The van der Waals surface area contributed by atoms with E-state index in [1.165, 1.54) is 53.5 Å². The topological polar surface area (TPSA) is 56.2 Å². The molecule has 1 aromatic heterocycles. The molecule has 0 radical (unpaired) electrons. The van der Waals surface area contributed by atoms with Crippen LogP contribution in [0, 0.1) is 5.82 Å². The number of carbonyl (C=O) groups excluding carboxylic acids is 1. The third-order valence-electron chi connectivity index (χ3n) is 3.64.